The van der Waals surface area contributed by atoms with Crippen LogP contribution in [0.2, 0.25) is 0 Å². The van der Waals surface area contributed by atoms with Crippen molar-refractivity contribution in [1.29, 1.82) is 0 Å². The van der Waals surface area contributed by atoms with Gasteiger partial charge in [0.25, 0.3) is 0 Å². The van der Waals surface area contributed by atoms with Crippen LogP contribution in [0.1, 0.15) is 30.0 Å². The second kappa shape index (κ2) is 5.16. The third kappa shape index (κ3) is 2.46. The van der Waals surface area contributed by atoms with E-state index >= 15 is 0 Å². The molecule has 1 unspecified atom stereocenters. The van der Waals surface area contributed by atoms with Crippen LogP contribution in [0.3, 0.4) is 0 Å². The van der Waals surface area contributed by atoms with Gasteiger partial charge in [-0.05, 0) is 26.3 Å². The Morgan fingerprint density at radius 3 is 2.52 bits per heavy atom. The molecule has 0 aliphatic carbocycles. The molecule has 0 aliphatic heterocycles. The molecule has 0 spiro atoms. The van der Waals surface area contributed by atoms with Gasteiger partial charge in [-0.3, -0.25) is 4.68 Å². The minimum absolute atomic E-state index is 0.166. The predicted octanol–water partition coefficient (Wildman–Crippen LogP) is 3.15. The van der Waals surface area contributed by atoms with Gasteiger partial charge in [0.05, 0.1) is 11.7 Å². The minimum atomic E-state index is 0.166. The van der Waals surface area contributed by atoms with Crippen LogP contribution in [0.25, 0.3) is 11.0 Å². The number of aromatic nitrogens is 4. The number of nitrogens with one attached hydrogen (secondary N) is 1. The molecule has 0 bridgehead atoms. The Bertz CT molecular complexity index is 776. The van der Waals surface area contributed by atoms with E-state index < -0.39 is 0 Å². The summed E-state index contributed by atoms with van der Waals surface area (Å²) >= 11 is 0. The minimum Gasteiger partial charge on any atom is -0.362 e. The number of hydrogen-bond acceptors (Lipinski definition) is 4. The fourth-order valence-corrected chi connectivity index (χ4v) is 2.58. The fraction of sp³-hybridized carbons (Fsp3) is 0.312. The molecular weight excluding hydrogens is 262 g/mol. The molecular formula is C16H19N5. The lowest BCUT2D eigenvalue weighted by Gasteiger charge is -2.16. The lowest BCUT2D eigenvalue weighted by atomic mass is 10.1. The molecule has 1 N–H and O–H groups in total. The highest BCUT2D eigenvalue weighted by atomic mass is 15.3. The average Bonchev–Trinajstić information content (AvgIpc) is 2.74. The molecule has 0 saturated carbocycles. The molecule has 5 nitrogen and oxygen atoms in total. The van der Waals surface area contributed by atoms with Crippen molar-refractivity contribution < 1.29 is 0 Å². The highest BCUT2D eigenvalue weighted by molar-refractivity contribution is 5.87. The van der Waals surface area contributed by atoms with E-state index in [0.29, 0.717) is 0 Å². The number of nitrogens with zero attached hydrogens (tertiary/aromatic N) is 4. The van der Waals surface area contributed by atoms with E-state index in [0.717, 1.165) is 28.4 Å². The highest BCUT2D eigenvalue weighted by Gasteiger charge is 2.15. The van der Waals surface area contributed by atoms with Crippen molar-refractivity contribution in [3.63, 3.8) is 0 Å². The topological polar surface area (TPSA) is 55.6 Å². The van der Waals surface area contributed by atoms with E-state index in [1.54, 1.807) is 0 Å². The van der Waals surface area contributed by atoms with Gasteiger partial charge in [0.1, 0.15) is 16.9 Å². The van der Waals surface area contributed by atoms with Crippen molar-refractivity contribution in [2.75, 3.05) is 5.32 Å². The van der Waals surface area contributed by atoms with E-state index in [2.05, 4.69) is 39.4 Å². The van der Waals surface area contributed by atoms with E-state index in [4.69, 9.17) is 0 Å². The molecule has 3 aromatic rings. The van der Waals surface area contributed by atoms with Crippen molar-refractivity contribution >= 4 is 16.9 Å². The molecule has 1 aromatic carbocycles. The molecule has 2 aromatic heterocycles. The third-order valence-corrected chi connectivity index (χ3v) is 3.61. The number of aryl methyl sites for hydroxylation is 3. The van der Waals surface area contributed by atoms with Crippen LogP contribution in [0.15, 0.2) is 30.3 Å². The van der Waals surface area contributed by atoms with Gasteiger partial charge in [-0.25, -0.2) is 9.97 Å². The Morgan fingerprint density at radius 2 is 1.81 bits per heavy atom. The summed E-state index contributed by atoms with van der Waals surface area (Å²) in [6.45, 7) is 6.01. The zero-order chi connectivity index (χ0) is 15.0. The van der Waals surface area contributed by atoms with Gasteiger partial charge in [-0.2, -0.15) is 5.10 Å². The summed E-state index contributed by atoms with van der Waals surface area (Å²) in [6.07, 6.45) is 0. The SMILES string of the molecule is Cc1nc(NC(C)c2ccccc2)c2c(n1)c(C)nn2C. The lowest BCUT2D eigenvalue weighted by Crippen LogP contribution is -2.10. The van der Waals surface area contributed by atoms with Crippen molar-refractivity contribution in [2.45, 2.75) is 26.8 Å². The third-order valence-electron chi connectivity index (χ3n) is 3.61. The molecule has 2 heterocycles. The summed E-state index contributed by atoms with van der Waals surface area (Å²) in [7, 11) is 1.92. The van der Waals surface area contributed by atoms with Crippen molar-refractivity contribution in [3.05, 3.63) is 47.4 Å². The fourth-order valence-electron chi connectivity index (χ4n) is 2.58. The maximum atomic E-state index is 4.56. The van der Waals surface area contributed by atoms with Gasteiger partial charge in [0.15, 0.2) is 5.82 Å². The second-order valence-corrected chi connectivity index (χ2v) is 5.30. The van der Waals surface area contributed by atoms with Crippen molar-refractivity contribution in [2.24, 2.45) is 7.05 Å². The van der Waals surface area contributed by atoms with Crippen molar-refractivity contribution in [3.8, 4) is 0 Å². The van der Waals surface area contributed by atoms with Crippen LogP contribution in [0, 0.1) is 13.8 Å². The number of benzene rings is 1. The lowest BCUT2D eigenvalue weighted by molar-refractivity contribution is 0.779. The van der Waals surface area contributed by atoms with Crippen LogP contribution in [-0.2, 0) is 7.05 Å². The second-order valence-electron chi connectivity index (χ2n) is 5.30. The van der Waals surface area contributed by atoms with Gasteiger partial charge >= 0.3 is 0 Å². The smallest absolute Gasteiger partial charge is 0.156 e. The zero-order valence-corrected chi connectivity index (χ0v) is 12.8. The van der Waals surface area contributed by atoms with Crippen LogP contribution in [-0.4, -0.2) is 19.7 Å². The van der Waals surface area contributed by atoms with Crippen LogP contribution >= 0.6 is 0 Å². The summed E-state index contributed by atoms with van der Waals surface area (Å²) in [5.41, 5.74) is 4.00. The number of fused-ring (bicyclic) bond motifs is 1. The molecule has 108 valence electrons. The maximum absolute atomic E-state index is 4.56. The first kappa shape index (κ1) is 13.5. The summed E-state index contributed by atoms with van der Waals surface area (Å²) < 4.78 is 1.84. The first-order chi connectivity index (χ1) is 10.1. The van der Waals surface area contributed by atoms with Gasteiger partial charge in [0.2, 0.25) is 0 Å². The van der Waals surface area contributed by atoms with E-state index in [1.807, 2.05) is 43.8 Å². The summed E-state index contributed by atoms with van der Waals surface area (Å²) in [5, 5.41) is 7.93. The Kier molecular flexibility index (Phi) is 3.33. The van der Waals surface area contributed by atoms with E-state index in [-0.39, 0.29) is 6.04 Å². The molecule has 0 amide bonds. The van der Waals surface area contributed by atoms with Gasteiger partial charge in [-0.15, -0.1) is 0 Å². The van der Waals surface area contributed by atoms with Gasteiger partial charge < -0.3 is 5.32 Å². The predicted molar refractivity (Wildman–Crippen MR) is 84.3 cm³/mol. The highest BCUT2D eigenvalue weighted by Crippen LogP contribution is 2.25. The summed E-state index contributed by atoms with van der Waals surface area (Å²) in [4.78, 5) is 9.06. The Balaban J connectivity index is 2.04. The molecule has 21 heavy (non-hydrogen) atoms. The standard InChI is InChI=1S/C16H19N5/c1-10(13-8-6-5-7-9-13)17-16-15-14(18-12(3)19-16)11(2)20-21(15)4/h5-10H,1-4H3,(H,17,18,19). The summed E-state index contributed by atoms with van der Waals surface area (Å²) in [6, 6.07) is 10.5. The first-order valence-electron chi connectivity index (χ1n) is 7.05. The zero-order valence-electron chi connectivity index (χ0n) is 12.8. The molecule has 0 saturated heterocycles. The molecule has 0 fully saturated rings. The Morgan fingerprint density at radius 1 is 1.10 bits per heavy atom. The van der Waals surface area contributed by atoms with Crippen LogP contribution in [0.5, 0.6) is 0 Å². The van der Waals surface area contributed by atoms with Gasteiger partial charge in [0, 0.05) is 7.05 Å². The molecule has 1 atom stereocenters. The Labute approximate surface area is 124 Å². The normalized spacial score (nSPS) is 12.6. The largest absolute Gasteiger partial charge is 0.362 e. The molecule has 0 aliphatic rings. The monoisotopic (exact) mass is 281 g/mol. The van der Waals surface area contributed by atoms with Crippen molar-refractivity contribution in [1.82, 2.24) is 19.7 Å². The van der Waals surface area contributed by atoms with E-state index in [1.165, 1.54) is 5.56 Å². The Hall–Kier alpha value is -2.43. The maximum Gasteiger partial charge on any atom is 0.156 e. The average molecular weight is 281 g/mol. The van der Waals surface area contributed by atoms with Gasteiger partial charge in [-0.1, -0.05) is 30.3 Å². The van der Waals surface area contributed by atoms with E-state index in [9.17, 15) is 0 Å². The first-order valence-corrected chi connectivity index (χ1v) is 7.05. The molecule has 5 heteroatoms. The summed E-state index contributed by atoms with van der Waals surface area (Å²) in [5.74, 6) is 1.58. The number of hydrogen-bond donors (Lipinski definition) is 1. The number of rotatable bonds is 3. The molecule has 3 rings (SSSR count). The molecule has 0 radical (unpaired) electrons. The van der Waals surface area contributed by atoms with Crippen LogP contribution in [0.4, 0.5) is 5.82 Å². The quantitative estimate of drug-likeness (QED) is 0.801. The number of anilines is 1. The van der Waals surface area contributed by atoms with Crippen LogP contribution < -0.4 is 5.32 Å².